The van der Waals surface area contributed by atoms with Gasteiger partial charge in [0.15, 0.2) is 0 Å². The van der Waals surface area contributed by atoms with Crippen molar-refractivity contribution in [3.05, 3.63) is 193 Å². The largest absolute Gasteiger partial charge is 0.310 e. The number of rotatable bonds is 8. The molecule has 4 saturated carbocycles. The van der Waals surface area contributed by atoms with Gasteiger partial charge in [-0.2, -0.15) is 0 Å². The van der Waals surface area contributed by atoms with E-state index in [9.17, 15) is 0 Å². The summed E-state index contributed by atoms with van der Waals surface area (Å²) in [6.07, 6.45) is 9.69. The molecular weight excluding hydrogens is 665 g/mol. The Morgan fingerprint density at radius 1 is 0.364 bits per heavy atom. The monoisotopic (exact) mass is 710 g/mol. The Morgan fingerprint density at radius 3 is 1.44 bits per heavy atom. The summed E-state index contributed by atoms with van der Waals surface area (Å²) in [5.74, 6) is 2.89. The second-order valence-electron chi connectivity index (χ2n) is 16.9. The van der Waals surface area contributed by atoms with Crippen LogP contribution in [0.15, 0.2) is 176 Å². The Balaban J connectivity index is 0.936. The van der Waals surface area contributed by atoms with E-state index >= 15 is 0 Å². The number of benzene rings is 7. The molecule has 0 N–H and O–H groups in total. The van der Waals surface area contributed by atoms with Gasteiger partial charge < -0.3 is 9.80 Å². The maximum atomic E-state index is 2.47. The van der Waals surface area contributed by atoms with Gasteiger partial charge in [-0.15, -0.1) is 0 Å². The molecule has 0 saturated heterocycles. The second kappa shape index (κ2) is 13.2. The van der Waals surface area contributed by atoms with Crippen molar-refractivity contribution >= 4 is 34.1 Å². The molecule has 0 amide bonds. The van der Waals surface area contributed by atoms with Gasteiger partial charge in [-0.25, -0.2) is 0 Å². The molecule has 0 unspecified atom stereocenters. The topological polar surface area (TPSA) is 6.48 Å². The molecule has 55 heavy (non-hydrogen) atoms. The van der Waals surface area contributed by atoms with Crippen LogP contribution in [0.4, 0.5) is 34.1 Å². The van der Waals surface area contributed by atoms with Gasteiger partial charge in [-0.05, 0) is 174 Å². The summed E-state index contributed by atoms with van der Waals surface area (Å²) in [5.41, 5.74) is 16.9. The number of fused-ring (bicyclic) bond motifs is 3. The third-order valence-corrected chi connectivity index (χ3v) is 13.4. The summed E-state index contributed by atoms with van der Waals surface area (Å²) in [6, 6.07) is 65.2. The van der Waals surface area contributed by atoms with Gasteiger partial charge in [0.25, 0.3) is 0 Å². The first-order valence-corrected chi connectivity index (χ1v) is 20.4. The molecular formula is C53H46N2. The van der Waals surface area contributed by atoms with Crippen LogP contribution >= 0.6 is 0 Å². The molecule has 268 valence electrons. The molecule has 0 heterocycles. The second-order valence-corrected chi connectivity index (χ2v) is 16.9. The Labute approximate surface area is 325 Å². The van der Waals surface area contributed by atoms with Crippen molar-refractivity contribution in [3.63, 3.8) is 0 Å². The molecule has 7 aromatic carbocycles. The van der Waals surface area contributed by atoms with Crippen LogP contribution in [0.25, 0.3) is 22.3 Å². The van der Waals surface area contributed by atoms with Crippen LogP contribution < -0.4 is 9.80 Å². The Morgan fingerprint density at radius 2 is 0.818 bits per heavy atom. The molecule has 0 aliphatic heterocycles. The smallest absolute Gasteiger partial charge is 0.0482 e. The van der Waals surface area contributed by atoms with Crippen LogP contribution in [0.2, 0.25) is 0 Å². The SMILES string of the molecule is c1ccc(N(c2ccc(-c3ccc(C45CC6CC(CC(C6)C4)C5)cc3)cc2)c2cccc(N(c3ccccc3)c3ccc4c(c3)-c3ccccc3C4)c2)cc1. The minimum atomic E-state index is 0.434. The maximum absolute atomic E-state index is 2.47. The fourth-order valence-corrected chi connectivity index (χ4v) is 11.4. The molecule has 2 heteroatoms. The highest BCUT2D eigenvalue weighted by molar-refractivity contribution is 5.87. The van der Waals surface area contributed by atoms with Gasteiger partial charge in [0.05, 0.1) is 0 Å². The van der Waals surface area contributed by atoms with E-state index < -0.39 is 0 Å². The fourth-order valence-electron chi connectivity index (χ4n) is 11.4. The highest BCUT2D eigenvalue weighted by Crippen LogP contribution is 2.60. The normalized spacial score (nSPS) is 21.6. The average Bonchev–Trinajstić information content (AvgIpc) is 3.60. The van der Waals surface area contributed by atoms with Gasteiger partial charge in [0.1, 0.15) is 0 Å². The molecule has 4 bridgehead atoms. The quantitative estimate of drug-likeness (QED) is 0.155. The predicted octanol–water partition coefficient (Wildman–Crippen LogP) is 14.3. The lowest BCUT2D eigenvalue weighted by molar-refractivity contribution is -0.00518. The van der Waals surface area contributed by atoms with Gasteiger partial charge in [-0.3, -0.25) is 0 Å². The van der Waals surface area contributed by atoms with Gasteiger partial charge in [0.2, 0.25) is 0 Å². The summed E-state index contributed by atoms with van der Waals surface area (Å²) < 4.78 is 0. The molecule has 7 aromatic rings. The average molecular weight is 711 g/mol. The van der Waals surface area contributed by atoms with E-state index in [1.807, 2.05) is 0 Å². The summed E-state index contributed by atoms with van der Waals surface area (Å²) in [5, 5.41) is 0. The number of hydrogen-bond donors (Lipinski definition) is 0. The van der Waals surface area contributed by atoms with E-state index in [2.05, 4.69) is 186 Å². The summed E-state index contributed by atoms with van der Waals surface area (Å²) >= 11 is 0. The number of anilines is 6. The Bertz CT molecular complexity index is 2450. The molecule has 0 radical (unpaired) electrons. The van der Waals surface area contributed by atoms with Crippen molar-refractivity contribution in [1.82, 2.24) is 0 Å². The van der Waals surface area contributed by atoms with E-state index in [1.165, 1.54) is 71.9 Å². The molecule has 4 fully saturated rings. The number of para-hydroxylation sites is 2. The van der Waals surface area contributed by atoms with Crippen LogP contribution in [-0.2, 0) is 11.8 Å². The zero-order valence-corrected chi connectivity index (χ0v) is 31.3. The van der Waals surface area contributed by atoms with E-state index in [0.29, 0.717) is 5.41 Å². The van der Waals surface area contributed by atoms with Crippen molar-refractivity contribution in [2.45, 2.75) is 50.4 Å². The standard InChI is InChI=1S/C53H46N2/c1-3-11-45(12-4-1)54(47-25-20-41(21-26-47)40-18-23-44(24-19-40)53-34-37-28-38(35-53)30-39(29-37)36-53)48-15-9-16-49(32-48)55(46-13-5-2-6-14-46)50-27-22-43-31-42-10-7-8-17-51(42)52(43)33-50/h1-27,32-33,37-39H,28-31,34-36H2. The lowest BCUT2D eigenvalue weighted by Gasteiger charge is -2.57. The van der Waals surface area contributed by atoms with Gasteiger partial charge in [-0.1, -0.05) is 109 Å². The van der Waals surface area contributed by atoms with E-state index in [-0.39, 0.29) is 0 Å². The molecule has 2 nitrogen and oxygen atoms in total. The first-order valence-electron chi connectivity index (χ1n) is 20.4. The van der Waals surface area contributed by atoms with Crippen molar-refractivity contribution in [2.75, 3.05) is 9.80 Å². The van der Waals surface area contributed by atoms with Crippen LogP contribution in [0.1, 0.15) is 55.2 Å². The van der Waals surface area contributed by atoms with Gasteiger partial charge >= 0.3 is 0 Å². The van der Waals surface area contributed by atoms with Crippen molar-refractivity contribution in [3.8, 4) is 22.3 Å². The third kappa shape index (κ3) is 5.78. The zero-order valence-electron chi connectivity index (χ0n) is 31.3. The molecule has 0 spiro atoms. The lowest BCUT2D eigenvalue weighted by atomic mass is 9.48. The Kier molecular flexibility index (Phi) is 7.79. The summed E-state index contributed by atoms with van der Waals surface area (Å²) in [4.78, 5) is 4.77. The van der Waals surface area contributed by atoms with Gasteiger partial charge in [0, 0.05) is 34.1 Å². The van der Waals surface area contributed by atoms with Crippen LogP contribution in [0.5, 0.6) is 0 Å². The van der Waals surface area contributed by atoms with Crippen LogP contribution in [0, 0.1) is 17.8 Å². The van der Waals surface area contributed by atoms with Crippen molar-refractivity contribution < 1.29 is 0 Å². The first-order chi connectivity index (χ1) is 27.2. The van der Waals surface area contributed by atoms with E-state index in [1.54, 1.807) is 5.56 Å². The predicted molar refractivity (Wildman–Crippen MR) is 229 cm³/mol. The highest BCUT2D eigenvalue weighted by Gasteiger charge is 2.51. The Hall–Kier alpha value is -5.86. The van der Waals surface area contributed by atoms with Crippen molar-refractivity contribution in [1.29, 1.82) is 0 Å². The van der Waals surface area contributed by atoms with Crippen LogP contribution in [0.3, 0.4) is 0 Å². The third-order valence-electron chi connectivity index (χ3n) is 13.4. The molecule has 0 aromatic heterocycles. The lowest BCUT2D eigenvalue weighted by Crippen LogP contribution is -2.48. The summed E-state index contributed by atoms with van der Waals surface area (Å²) in [6.45, 7) is 0. The number of hydrogen-bond acceptors (Lipinski definition) is 2. The molecule has 12 rings (SSSR count). The zero-order chi connectivity index (χ0) is 36.3. The van der Waals surface area contributed by atoms with Crippen molar-refractivity contribution in [2.24, 2.45) is 17.8 Å². The molecule has 5 aliphatic carbocycles. The molecule has 5 aliphatic rings. The van der Waals surface area contributed by atoms with E-state index in [4.69, 9.17) is 0 Å². The first kappa shape index (κ1) is 32.6. The summed E-state index contributed by atoms with van der Waals surface area (Å²) in [7, 11) is 0. The number of nitrogens with zero attached hydrogens (tertiary/aromatic N) is 2. The fraction of sp³-hybridized carbons (Fsp3) is 0.208. The minimum absolute atomic E-state index is 0.434. The van der Waals surface area contributed by atoms with E-state index in [0.717, 1.165) is 58.3 Å². The maximum Gasteiger partial charge on any atom is 0.0482 e. The highest BCUT2D eigenvalue weighted by atomic mass is 15.2. The minimum Gasteiger partial charge on any atom is -0.310 e. The van der Waals surface area contributed by atoms with Crippen LogP contribution in [-0.4, -0.2) is 0 Å². The molecule has 0 atom stereocenters.